The van der Waals surface area contributed by atoms with Crippen LogP contribution in [0.5, 0.6) is 5.75 Å². The third-order valence-corrected chi connectivity index (χ3v) is 4.45. The Bertz CT molecular complexity index is 920. The number of carbonyl (C=O) groups is 1. The van der Waals surface area contributed by atoms with Crippen molar-refractivity contribution in [2.24, 2.45) is 5.92 Å². The highest BCUT2D eigenvalue weighted by molar-refractivity contribution is 5.91. The topological polar surface area (TPSA) is 64.8 Å². The van der Waals surface area contributed by atoms with E-state index in [-0.39, 0.29) is 5.91 Å². The van der Waals surface area contributed by atoms with E-state index in [4.69, 9.17) is 13.9 Å². The van der Waals surface area contributed by atoms with Gasteiger partial charge in [0, 0.05) is 32.6 Å². The second-order valence-corrected chi connectivity index (χ2v) is 7.56. The van der Waals surface area contributed by atoms with Crippen molar-refractivity contribution in [2.45, 2.75) is 33.5 Å². The molecule has 0 aliphatic carbocycles. The van der Waals surface area contributed by atoms with Gasteiger partial charge in [-0.1, -0.05) is 26.0 Å². The summed E-state index contributed by atoms with van der Waals surface area (Å²) >= 11 is 0. The van der Waals surface area contributed by atoms with E-state index >= 15 is 0 Å². The fourth-order valence-corrected chi connectivity index (χ4v) is 2.95. The molecule has 0 fully saturated rings. The van der Waals surface area contributed by atoms with Gasteiger partial charge in [0.25, 0.3) is 5.91 Å². The number of nitrogens with zero attached hydrogens (tertiary/aromatic N) is 2. The summed E-state index contributed by atoms with van der Waals surface area (Å²) in [7, 11) is 1.59. The van der Waals surface area contributed by atoms with Crippen LogP contribution in [0, 0.1) is 5.92 Å². The van der Waals surface area contributed by atoms with Gasteiger partial charge in [0.1, 0.15) is 18.1 Å². The molecule has 0 radical (unpaired) electrons. The number of rotatable bonds is 10. The zero-order valence-corrected chi connectivity index (χ0v) is 17.7. The number of hydrogen-bond acceptors (Lipinski definition) is 5. The number of carbonyl (C=O) groups excluding carboxylic acids is 1. The van der Waals surface area contributed by atoms with Crippen LogP contribution in [0.3, 0.4) is 0 Å². The van der Waals surface area contributed by atoms with Crippen molar-refractivity contribution in [3.63, 3.8) is 0 Å². The van der Waals surface area contributed by atoms with Gasteiger partial charge in [-0.2, -0.15) is 0 Å². The van der Waals surface area contributed by atoms with Crippen LogP contribution in [0.2, 0.25) is 0 Å². The molecule has 3 rings (SSSR count). The summed E-state index contributed by atoms with van der Waals surface area (Å²) in [6, 6.07) is 15.1. The molecular weight excluding hydrogens is 380 g/mol. The summed E-state index contributed by atoms with van der Waals surface area (Å²) in [5, 5.41) is 0. The quantitative estimate of drug-likeness (QED) is 0.487. The lowest BCUT2D eigenvalue weighted by molar-refractivity contribution is 0.0690. The molecule has 30 heavy (non-hydrogen) atoms. The predicted molar refractivity (Wildman–Crippen MR) is 114 cm³/mol. The molecule has 0 atom stereocenters. The van der Waals surface area contributed by atoms with Gasteiger partial charge in [-0.05, 0) is 53.4 Å². The second kappa shape index (κ2) is 10.6. The van der Waals surface area contributed by atoms with Gasteiger partial charge < -0.3 is 18.8 Å². The predicted octanol–water partition coefficient (Wildman–Crippen LogP) is 4.70. The maximum absolute atomic E-state index is 13.2. The Morgan fingerprint density at radius 2 is 1.67 bits per heavy atom. The van der Waals surface area contributed by atoms with Crippen LogP contribution in [-0.2, 0) is 24.4 Å². The third-order valence-electron chi connectivity index (χ3n) is 4.45. The number of aromatic nitrogens is 1. The van der Waals surface area contributed by atoms with Crippen LogP contribution in [-0.4, -0.2) is 29.5 Å². The first-order valence-corrected chi connectivity index (χ1v) is 10.0. The maximum atomic E-state index is 13.2. The molecule has 0 aliphatic rings. The number of benzene rings is 1. The van der Waals surface area contributed by atoms with Crippen LogP contribution in [0.25, 0.3) is 0 Å². The minimum absolute atomic E-state index is 0.172. The molecule has 0 unspecified atom stereocenters. The molecule has 6 nitrogen and oxygen atoms in total. The zero-order chi connectivity index (χ0) is 21.3. The molecule has 2 aromatic heterocycles. The maximum Gasteiger partial charge on any atom is 0.290 e. The number of pyridine rings is 1. The minimum atomic E-state index is -0.172. The molecule has 6 heteroatoms. The molecule has 2 heterocycles. The zero-order valence-electron chi connectivity index (χ0n) is 17.7. The number of hydrogen-bond donors (Lipinski definition) is 0. The van der Waals surface area contributed by atoms with Crippen LogP contribution in [0.4, 0.5) is 0 Å². The molecule has 0 N–H and O–H groups in total. The van der Waals surface area contributed by atoms with Gasteiger partial charge in [0.15, 0.2) is 5.76 Å². The van der Waals surface area contributed by atoms with Gasteiger partial charge >= 0.3 is 0 Å². The van der Waals surface area contributed by atoms with E-state index in [9.17, 15) is 4.79 Å². The molecule has 3 aromatic rings. The van der Waals surface area contributed by atoms with Gasteiger partial charge in [-0.3, -0.25) is 9.78 Å². The summed E-state index contributed by atoms with van der Waals surface area (Å²) in [4.78, 5) is 19.0. The lowest BCUT2D eigenvalue weighted by Gasteiger charge is -2.22. The van der Waals surface area contributed by atoms with Crippen molar-refractivity contribution >= 4 is 5.91 Å². The van der Waals surface area contributed by atoms with Crippen molar-refractivity contribution in [1.29, 1.82) is 0 Å². The number of amides is 1. The average Bonchev–Trinajstić information content (AvgIpc) is 3.22. The number of furan rings is 1. The van der Waals surface area contributed by atoms with Crippen LogP contribution in [0.1, 0.15) is 41.3 Å². The molecule has 0 aliphatic heterocycles. The first-order chi connectivity index (χ1) is 14.5. The molecule has 1 amide bonds. The van der Waals surface area contributed by atoms with Crippen LogP contribution < -0.4 is 4.74 Å². The smallest absolute Gasteiger partial charge is 0.290 e. The molecule has 0 saturated heterocycles. The Balaban J connectivity index is 1.76. The monoisotopic (exact) mass is 408 g/mol. The first-order valence-electron chi connectivity index (χ1n) is 10.0. The van der Waals surface area contributed by atoms with Gasteiger partial charge in [-0.25, -0.2) is 0 Å². The lowest BCUT2D eigenvalue weighted by Crippen LogP contribution is -2.29. The van der Waals surface area contributed by atoms with E-state index < -0.39 is 0 Å². The molecule has 0 saturated carbocycles. The van der Waals surface area contributed by atoms with E-state index in [1.807, 2.05) is 36.4 Å². The first kappa shape index (κ1) is 21.6. The SMILES string of the molecule is COCc1ccc(C(=O)N(Cc2ccncc2)Cc2ccc(OCC(C)C)cc2)o1. The Kier molecular flexibility index (Phi) is 7.63. The van der Waals surface area contributed by atoms with E-state index in [1.165, 1.54) is 0 Å². The Hall–Kier alpha value is -3.12. The van der Waals surface area contributed by atoms with E-state index in [1.54, 1.807) is 36.5 Å². The lowest BCUT2D eigenvalue weighted by atomic mass is 10.1. The van der Waals surface area contributed by atoms with E-state index in [0.717, 1.165) is 16.9 Å². The van der Waals surface area contributed by atoms with Gasteiger partial charge in [-0.15, -0.1) is 0 Å². The third kappa shape index (κ3) is 6.19. The van der Waals surface area contributed by atoms with Crippen LogP contribution >= 0.6 is 0 Å². The molecule has 158 valence electrons. The highest BCUT2D eigenvalue weighted by Crippen LogP contribution is 2.19. The molecule has 0 spiro atoms. The minimum Gasteiger partial charge on any atom is -0.493 e. The normalized spacial score (nSPS) is 10.9. The molecule has 0 bridgehead atoms. The molecular formula is C24H28N2O4. The van der Waals surface area contributed by atoms with Crippen molar-refractivity contribution in [2.75, 3.05) is 13.7 Å². The standard InChI is InChI=1S/C24H28N2O4/c1-18(2)16-29-21-6-4-19(5-7-21)14-26(15-20-10-12-25-13-11-20)24(27)23-9-8-22(30-23)17-28-3/h4-13,18H,14-17H2,1-3H3. The Morgan fingerprint density at radius 1 is 1.00 bits per heavy atom. The second-order valence-electron chi connectivity index (χ2n) is 7.56. The summed E-state index contributed by atoms with van der Waals surface area (Å²) in [6.07, 6.45) is 3.45. The largest absolute Gasteiger partial charge is 0.493 e. The summed E-state index contributed by atoms with van der Waals surface area (Å²) in [5.41, 5.74) is 2.01. The van der Waals surface area contributed by atoms with Crippen molar-refractivity contribution < 1.29 is 18.7 Å². The summed E-state index contributed by atoms with van der Waals surface area (Å²) in [6.45, 7) is 6.14. The highest BCUT2D eigenvalue weighted by atomic mass is 16.5. The van der Waals surface area contributed by atoms with E-state index in [2.05, 4.69) is 18.8 Å². The highest BCUT2D eigenvalue weighted by Gasteiger charge is 2.20. The fraction of sp³-hybridized carbons (Fsp3) is 0.333. The van der Waals surface area contributed by atoms with Crippen molar-refractivity contribution in [3.8, 4) is 5.75 Å². The number of ether oxygens (including phenoxy) is 2. The Morgan fingerprint density at radius 3 is 2.30 bits per heavy atom. The average molecular weight is 408 g/mol. The van der Waals surface area contributed by atoms with Gasteiger partial charge in [0.2, 0.25) is 0 Å². The van der Waals surface area contributed by atoms with Crippen molar-refractivity contribution in [3.05, 3.63) is 83.6 Å². The summed E-state index contributed by atoms with van der Waals surface area (Å²) in [5.74, 6) is 2.04. The Labute approximate surface area is 177 Å². The molecule has 1 aromatic carbocycles. The van der Waals surface area contributed by atoms with Gasteiger partial charge in [0.05, 0.1) is 6.61 Å². The fourth-order valence-electron chi connectivity index (χ4n) is 2.95. The van der Waals surface area contributed by atoms with E-state index in [0.29, 0.717) is 43.7 Å². The van der Waals surface area contributed by atoms with Crippen molar-refractivity contribution in [1.82, 2.24) is 9.88 Å². The summed E-state index contributed by atoms with van der Waals surface area (Å²) < 4.78 is 16.5. The number of methoxy groups -OCH3 is 1. The van der Waals surface area contributed by atoms with Crippen LogP contribution in [0.15, 0.2) is 65.3 Å².